The van der Waals surface area contributed by atoms with Crippen LogP contribution in [-0.4, -0.2) is 74.9 Å². The minimum absolute atomic E-state index is 0.137. The summed E-state index contributed by atoms with van der Waals surface area (Å²) in [5.74, 6) is -6.18. The molecule has 0 bridgehead atoms. The van der Waals surface area contributed by atoms with Gasteiger partial charge in [0.05, 0.1) is 12.5 Å². The van der Waals surface area contributed by atoms with Crippen molar-refractivity contribution in [3.63, 3.8) is 0 Å². The summed E-state index contributed by atoms with van der Waals surface area (Å²) in [6.07, 6.45) is 0.442. The van der Waals surface area contributed by atoms with Crippen molar-refractivity contribution in [2.45, 2.75) is 56.8 Å². The highest BCUT2D eigenvalue weighted by molar-refractivity contribution is 5.95. The van der Waals surface area contributed by atoms with Gasteiger partial charge in [-0.1, -0.05) is 18.2 Å². The van der Waals surface area contributed by atoms with Crippen LogP contribution in [0.3, 0.4) is 0 Å². The van der Waals surface area contributed by atoms with E-state index in [0.717, 1.165) is 16.5 Å². The number of hydrogen-bond donors (Lipinski definition) is 8. The molecular formula is C23H30N6O8. The first-order chi connectivity index (χ1) is 17.4. The molecule has 1 aromatic carbocycles. The number of aliphatic carboxylic acids is 2. The van der Waals surface area contributed by atoms with Gasteiger partial charge < -0.3 is 42.6 Å². The molecule has 0 saturated heterocycles. The van der Waals surface area contributed by atoms with Crippen molar-refractivity contribution in [2.24, 2.45) is 11.5 Å². The number of H-pyrrole nitrogens is 1. The predicted molar refractivity (Wildman–Crippen MR) is 130 cm³/mol. The first kappa shape index (κ1) is 28.8. The topological polar surface area (TPSA) is 247 Å². The summed E-state index contributed by atoms with van der Waals surface area (Å²) in [6.45, 7) is 1.25. The number of benzene rings is 1. The van der Waals surface area contributed by atoms with Crippen LogP contribution in [0.1, 0.15) is 31.7 Å². The number of carboxylic acids is 2. The van der Waals surface area contributed by atoms with Gasteiger partial charge >= 0.3 is 11.9 Å². The van der Waals surface area contributed by atoms with E-state index in [4.69, 9.17) is 21.7 Å². The minimum atomic E-state index is -1.60. The fourth-order valence-electron chi connectivity index (χ4n) is 3.52. The Morgan fingerprint density at radius 3 is 2.22 bits per heavy atom. The molecule has 0 aliphatic heterocycles. The van der Waals surface area contributed by atoms with E-state index in [1.165, 1.54) is 6.92 Å². The van der Waals surface area contributed by atoms with Gasteiger partial charge in [-0.15, -0.1) is 0 Å². The molecule has 200 valence electrons. The smallest absolute Gasteiger partial charge is 0.326 e. The Balaban J connectivity index is 2.04. The number of rotatable bonds is 14. The third-order valence-corrected chi connectivity index (χ3v) is 5.50. The molecule has 4 unspecified atom stereocenters. The van der Waals surface area contributed by atoms with Crippen molar-refractivity contribution >= 4 is 46.5 Å². The van der Waals surface area contributed by atoms with E-state index in [9.17, 15) is 28.8 Å². The lowest BCUT2D eigenvalue weighted by Gasteiger charge is -2.23. The Kier molecular flexibility index (Phi) is 10.1. The van der Waals surface area contributed by atoms with E-state index in [0.29, 0.717) is 0 Å². The van der Waals surface area contributed by atoms with E-state index >= 15 is 0 Å². The van der Waals surface area contributed by atoms with Gasteiger partial charge in [-0.3, -0.25) is 24.0 Å². The van der Waals surface area contributed by atoms with Gasteiger partial charge in [0.2, 0.25) is 23.6 Å². The van der Waals surface area contributed by atoms with Crippen LogP contribution in [0.25, 0.3) is 10.9 Å². The zero-order valence-electron chi connectivity index (χ0n) is 20.0. The van der Waals surface area contributed by atoms with Gasteiger partial charge in [0, 0.05) is 23.5 Å². The molecule has 14 heteroatoms. The number of nitrogens with one attached hydrogen (secondary N) is 4. The average Bonchev–Trinajstić information content (AvgIpc) is 3.23. The van der Waals surface area contributed by atoms with E-state index < -0.39 is 72.6 Å². The molecule has 1 heterocycles. The van der Waals surface area contributed by atoms with Crippen LogP contribution in [0.15, 0.2) is 30.5 Å². The Bertz CT molecular complexity index is 1180. The summed E-state index contributed by atoms with van der Waals surface area (Å²) in [4.78, 5) is 74.2. The van der Waals surface area contributed by atoms with Crippen molar-refractivity contribution < 1.29 is 39.0 Å². The van der Waals surface area contributed by atoms with Gasteiger partial charge in [0.15, 0.2) is 0 Å². The van der Waals surface area contributed by atoms with Crippen molar-refractivity contribution in [1.29, 1.82) is 0 Å². The molecule has 0 spiro atoms. The number of amides is 4. The van der Waals surface area contributed by atoms with E-state index in [-0.39, 0.29) is 12.8 Å². The Morgan fingerprint density at radius 2 is 1.59 bits per heavy atom. The molecule has 1 aromatic heterocycles. The second-order valence-corrected chi connectivity index (χ2v) is 8.46. The van der Waals surface area contributed by atoms with Crippen molar-refractivity contribution in [1.82, 2.24) is 20.9 Å². The van der Waals surface area contributed by atoms with Crippen LogP contribution < -0.4 is 27.4 Å². The lowest BCUT2D eigenvalue weighted by molar-refractivity contribution is -0.143. The van der Waals surface area contributed by atoms with Gasteiger partial charge in [0.1, 0.15) is 18.1 Å². The zero-order chi connectivity index (χ0) is 27.7. The van der Waals surface area contributed by atoms with Crippen molar-refractivity contribution in [3.05, 3.63) is 36.0 Å². The quantitative estimate of drug-likeness (QED) is 0.142. The molecule has 10 N–H and O–H groups in total. The van der Waals surface area contributed by atoms with E-state index in [1.807, 2.05) is 24.3 Å². The molecule has 14 nitrogen and oxygen atoms in total. The monoisotopic (exact) mass is 518 g/mol. The fraction of sp³-hybridized carbons (Fsp3) is 0.391. The summed E-state index contributed by atoms with van der Waals surface area (Å²) >= 11 is 0. The second kappa shape index (κ2) is 13.0. The maximum absolute atomic E-state index is 12.8. The summed E-state index contributed by atoms with van der Waals surface area (Å²) in [5.41, 5.74) is 12.7. The number of carbonyl (C=O) groups is 6. The first-order valence-electron chi connectivity index (χ1n) is 11.3. The number of nitrogens with two attached hydrogens (primary N) is 2. The predicted octanol–water partition coefficient (Wildman–Crippen LogP) is -1.66. The highest BCUT2D eigenvalue weighted by atomic mass is 16.4. The number of aromatic nitrogens is 1. The normalized spacial score (nSPS) is 14.1. The van der Waals surface area contributed by atoms with Crippen LogP contribution >= 0.6 is 0 Å². The van der Waals surface area contributed by atoms with Gasteiger partial charge in [-0.05, 0) is 31.4 Å². The number of primary amides is 1. The molecule has 2 rings (SSSR count). The highest BCUT2D eigenvalue weighted by Gasteiger charge is 2.29. The zero-order valence-corrected chi connectivity index (χ0v) is 20.0. The number of carboxylic acid groups (broad SMARTS) is 2. The van der Waals surface area contributed by atoms with Crippen LogP contribution in [-0.2, 0) is 35.2 Å². The van der Waals surface area contributed by atoms with E-state index in [2.05, 4.69) is 20.9 Å². The average molecular weight is 519 g/mol. The van der Waals surface area contributed by atoms with Crippen LogP contribution in [0.2, 0.25) is 0 Å². The van der Waals surface area contributed by atoms with Crippen LogP contribution in [0, 0.1) is 0 Å². The number of fused-ring (bicyclic) bond motifs is 1. The van der Waals surface area contributed by atoms with Gasteiger partial charge in [-0.2, -0.15) is 0 Å². The maximum Gasteiger partial charge on any atom is 0.326 e. The number of hydrogen-bond acceptors (Lipinski definition) is 7. The summed E-state index contributed by atoms with van der Waals surface area (Å²) in [7, 11) is 0. The van der Waals surface area contributed by atoms with Crippen LogP contribution in [0.4, 0.5) is 0 Å². The summed E-state index contributed by atoms with van der Waals surface area (Å²) in [5, 5.41) is 25.8. The number of aromatic amines is 1. The Hall–Kier alpha value is -4.46. The SMILES string of the molecule is CC(NC(=O)C(CCC(=O)O)NC(=O)C(N)Cc1c[nH]c2ccccc12)C(=O)NC(CC(N)=O)C(=O)O. The third-order valence-electron chi connectivity index (χ3n) is 5.50. The van der Waals surface area contributed by atoms with Gasteiger partial charge in [0.25, 0.3) is 0 Å². The Morgan fingerprint density at radius 1 is 0.946 bits per heavy atom. The second-order valence-electron chi connectivity index (χ2n) is 8.46. The molecule has 0 saturated carbocycles. The fourth-order valence-corrected chi connectivity index (χ4v) is 3.52. The highest BCUT2D eigenvalue weighted by Crippen LogP contribution is 2.18. The molecule has 0 aliphatic rings. The molecule has 2 aromatic rings. The largest absolute Gasteiger partial charge is 0.481 e. The maximum atomic E-state index is 12.8. The molecule has 0 aliphatic carbocycles. The Labute approximate surface area is 211 Å². The van der Waals surface area contributed by atoms with E-state index in [1.54, 1.807) is 6.20 Å². The molecule has 0 radical (unpaired) electrons. The standard InChI is InChI=1S/C23H30N6O8/c1-11(20(33)29-17(23(36)37)9-18(25)30)27-22(35)16(6-7-19(31)32)28-21(34)14(24)8-12-10-26-15-5-3-2-4-13(12)15/h2-5,10-11,14,16-17,26H,6-9,24H2,1H3,(H2,25,30)(H,27,35)(H,28,34)(H,29,33)(H,31,32)(H,36,37). The summed E-state index contributed by atoms with van der Waals surface area (Å²) < 4.78 is 0. The minimum Gasteiger partial charge on any atom is -0.481 e. The molecule has 0 fully saturated rings. The lowest BCUT2D eigenvalue weighted by atomic mass is 10.0. The molecule has 4 atom stereocenters. The lowest BCUT2D eigenvalue weighted by Crippen LogP contribution is -2.56. The molecule has 4 amide bonds. The van der Waals surface area contributed by atoms with Crippen LogP contribution in [0.5, 0.6) is 0 Å². The molecule has 37 heavy (non-hydrogen) atoms. The molecular weight excluding hydrogens is 488 g/mol. The van der Waals surface area contributed by atoms with Crippen molar-refractivity contribution in [3.8, 4) is 0 Å². The van der Waals surface area contributed by atoms with Crippen molar-refractivity contribution in [2.75, 3.05) is 0 Å². The number of carbonyl (C=O) groups excluding carboxylic acids is 4. The third kappa shape index (κ3) is 8.61. The summed E-state index contributed by atoms with van der Waals surface area (Å²) in [6, 6.07) is 2.11. The number of para-hydroxylation sites is 1. The van der Waals surface area contributed by atoms with Gasteiger partial charge in [-0.25, -0.2) is 4.79 Å². The first-order valence-corrected chi connectivity index (χ1v) is 11.3.